The van der Waals surface area contributed by atoms with Gasteiger partial charge in [0.05, 0.1) is 6.10 Å². The first kappa shape index (κ1) is 14.6. The highest BCUT2D eigenvalue weighted by molar-refractivity contribution is 7.89. The molecule has 1 unspecified atom stereocenters. The molecule has 0 aromatic carbocycles. The van der Waals surface area contributed by atoms with E-state index >= 15 is 0 Å². The van der Waals surface area contributed by atoms with Gasteiger partial charge in [0.1, 0.15) is 0 Å². The molecule has 1 aromatic heterocycles. The van der Waals surface area contributed by atoms with Crippen LogP contribution >= 0.6 is 0 Å². The van der Waals surface area contributed by atoms with E-state index in [4.69, 9.17) is 0 Å². The Hall–Kier alpha value is -1.45. The molecule has 0 aliphatic carbocycles. The average molecular weight is 277 g/mol. The smallest absolute Gasteiger partial charge is 0.325 e. The molecule has 0 saturated carbocycles. The molecule has 1 rings (SSSR count). The normalized spacial score (nSPS) is 13.4. The fourth-order valence-electron chi connectivity index (χ4n) is 1.32. The van der Waals surface area contributed by atoms with Crippen molar-refractivity contribution in [2.75, 3.05) is 6.54 Å². The third-order valence-electron chi connectivity index (χ3n) is 2.21. The fraction of sp³-hybridized carbons (Fsp3) is 0.556. The molecule has 4 N–H and O–H groups in total. The molecule has 0 spiro atoms. The first-order valence-electron chi connectivity index (χ1n) is 5.36. The van der Waals surface area contributed by atoms with E-state index < -0.39 is 32.3 Å². The van der Waals surface area contributed by atoms with E-state index in [0.717, 1.165) is 6.20 Å². The Balaban J connectivity index is 2.87. The van der Waals surface area contributed by atoms with Crippen molar-refractivity contribution in [1.82, 2.24) is 14.7 Å². The minimum absolute atomic E-state index is 0.186. The van der Waals surface area contributed by atoms with Gasteiger partial charge >= 0.3 is 5.69 Å². The molecule has 102 valence electrons. The number of aliphatic hydroxyl groups is 1. The molecule has 1 heterocycles. The van der Waals surface area contributed by atoms with Crippen LogP contribution in [0.3, 0.4) is 0 Å². The van der Waals surface area contributed by atoms with Crippen molar-refractivity contribution < 1.29 is 13.5 Å². The van der Waals surface area contributed by atoms with E-state index in [1.165, 1.54) is 0 Å². The minimum atomic E-state index is -4.04. The van der Waals surface area contributed by atoms with Crippen LogP contribution in [-0.4, -0.2) is 36.1 Å². The summed E-state index contributed by atoms with van der Waals surface area (Å²) >= 11 is 0. The number of nitrogens with one attached hydrogen (secondary N) is 3. The highest BCUT2D eigenvalue weighted by atomic mass is 32.2. The summed E-state index contributed by atoms with van der Waals surface area (Å²) in [6, 6.07) is 0. The first-order chi connectivity index (χ1) is 8.36. The molecule has 0 saturated heterocycles. The predicted octanol–water partition coefficient (Wildman–Crippen LogP) is -1.50. The quantitative estimate of drug-likeness (QED) is 0.502. The van der Waals surface area contributed by atoms with Crippen molar-refractivity contribution in [1.29, 1.82) is 0 Å². The van der Waals surface area contributed by atoms with E-state index in [1.807, 2.05) is 11.9 Å². The van der Waals surface area contributed by atoms with Gasteiger partial charge in [-0.15, -0.1) is 0 Å². The minimum Gasteiger partial charge on any atom is -0.392 e. The van der Waals surface area contributed by atoms with E-state index in [1.54, 1.807) is 0 Å². The van der Waals surface area contributed by atoms with Crippen LogP contribution in [0.2, 0.25) is 0 Å². The molecule has 8 nitrogen and oxygen atoms in total. The standard InChI is InChI=1S/C9H15N3O5S/c1-2-3-6(13)4-11-18(16,17)7-5-10-9(15)12-8(7)14/h5-6,11,13H,2-4H2,1H3,(H2,10,12,14,15). The Morgan fingerprint density at radius 2 is 2.11 bits per heavy atom. The lowest BCUT2D eigenvalue weighted by atomic mass is 10.2. The molecule has 18 heavy (non-hydrogen) atoms. The Bertz CT molecular complexity index is 603. The van der Waals surface area contributed by atoms with Gasteiger partial charge in [0.25, 0.3) is 5.56 Å². The predicted molar refractivity (Wildman–Crippen MR) is 63.8 cm³/mol. The number of rotatable bonds is 6. The Morgan fingerprint density at radius 3 is 2.67 bits per heavy atom. The largest absolute Gasteiger partial charge is 0.392 e. The number of aliphatic hydroxyl groups excluding tert-OH is 1. The molecule has 1 atom stereocenters. The van der Waals surface area contributed by atoms with Crippen molar-refractivity contribution in [3.05, 3.63) is 27.0 Å². The number of sulfonamides is 1. The van der Waals surface area contributed by atoms with Gasteiger partial charge in [-0.2, -0.15) is 0 Å². The summed E-state index contributed by atoms with van der Waals surface area (Å²) in [6.45, 7) is 1.67. The lowest BCUT2D eigenvalue weighted by molar-refractivity contribution is 0.167. The molecule has 0 bridgehead atoms. The third kappa shape index (κ3) is 3.79. The van der Waals surface area contributed by atoms with Crippen molar-refractivity contribution in [2.24, 2.45) is 0 Å². The lowest BCUT2D eigenvalue weighted by Crippen LogP contribution is -2.36. The maximum absolute atomic E-state index is 11.7. The molecular weight excluding hydrogens is 262 g/mol. The van der Waals surface area contributed by atoms with Crippen LogP contribution in [0.25, 0.3) is 0 Å². The van der Waals surface area contributed by atoms with Crippen LogP contribution in [0, 0.1) is 0 Å². The van der Waals surface area contributed by atoms with Gasteiger partial charge < -0.3 is 10.1 Å². The second-order valence-electron chi connectivity index (χ2n) is 3.73. The molecule has 9 heteroatoms. The zero-order valence-corrected chi connectivity index (χ0v) is 10.6. The van der Waals surface area contributed by atoms with E-state index in [2.05, 4.69) is 9.71 Å². The highest BCUT2D eigenvalue weighted by Gasteiger charge is 2.19. The molecule has 1 aromatic rings. The number of hydrogen-bond donors (Lipinski definition) is 4. The van der Waals surface area contributed by atoms with Gasteiger partial charge in [-0.1, -0.05) is 13.3 Å². The van der Waals surface area contributed by atoms with Crippen LogP contribution in [-0.2, 0) is 10.0 Å². The van der Waals surface area contributed by atoms with Crippen molar-refractivity contribution in [3.63, 3.8) is 0 Å². The highest BCUT2D eigenvalue weighted by Crippen LogP contribution is 2.00. The molecule has 0 radical (unpaired) electrons. The summed E-state index contributed by atoms with van der Waals surface area (Å²) in [5, 5.41) is 9.40. The van der Waals surface area contributed by atoms with Gasteiger partial charge in [0.2, 0.25) is 10.0 Å². The van der Waals surface area contributed by atoms with E-state index in [9.17, 15) is 23.1 Å². The zero-order valence-electron chi connectivity index (χ0n) is 9.76. The number of aromatic amines is 2. The summed E-state index contributed by atoms with van der Waals surface area (Å²) in [4.78, 5) is 25.3. The van der Waals surface area contributed by atoms with E-state index in [-0.39, 0.29) is 6.54 Å². The summed E-state index contributed by atoms with van der Waals surface area (Å²) in [7, 11) is -4.04. The van der Waals surface area contributed by atoms with Gasteiger partial charge in [-0.05, 0) is 6.42 Å². The van der Waals surface area contributed by atoms with Crippen molar-refractivity contribution in [2.45, 2.75) is 30.8 Å². The number of H-pyrrole nitrogens is 2. The second kappa shape index (κ2) is 5.94. The van der Waals surface area contributed by atoms with Crippen LogP contribution in [0.15, 0.2) is 20.7 Å². The second-order valence-corrected chi connectivity index (χ2v) is 5.47. The Morgan fingerprint density at radius 1 is 1.44 bits per heavy atom. The third-order valence-corrected chi connectivity index (χ3v) is 3.63. The monoisotopic (exact) mass is 277 g/mol. The summed E-state index contributed by atoms with van der Waals surface area (Å²) in [5.74, 6) is 0. The molecule has 0 aliphatic heterocycles. The average Bonchev–Trinajstić information content (AvgIpc) is 2.26. The van der Waals surface area contributed by atoms with Gasteiger partial charge in [0.15, 0.2) is 4.90 Å². The van der Waals surface area contributed by atoms with Crippen molar-refractivity contribution in [3.8, 4) is 0 Å². The van der Waals surface area contributed by atoms with Crippen LogP contribution in [0.4, 0.5) is 0 Å². The zero-order chi connectivity index (χ0) is 13.8. The topological polar surface area (TPSA) is 132 Å². The maximum Gasteiger partial charge on any atom is 0.325 e. The molecule has 0 aliphatic rings. The summed E-state index contributed by atoms with van der Waals surface area (Å²) < 4.78 is 25.5. The van der Waals surface area contributed by atoms with Crippen LogP contribution in [0.1, 0.15) is 19.8 Å². The molecule has 0 amide bonds. The summed E-state index contributed by atoms with van der Waals surface area (Å²) in [6.07, 6.45) is 1.16. The van der Waals surface area contributed by atoms with Gasteiger partial charge in [-0.3, -0.25) is 9.78 Å². The lowest BCUT2D eigenvalue weighted by Gasteiger charge is -2.10. The summed E-state index contributed by atoms with van der Waals surface area (Å²) in [5.41, 5.74) is -1.79. The molecular formula is C9H15N3O5S. The first-order valence-corrected chi connectivity index (χ1v) is 6.85. The Kier molecular flexibility index (Phi) is 4.82. The van der Waals surface area contributed by atoms with Gasteiger partial charge in [-0.25, -0.2) is 17.9 Å². The van der Waals surface area contributed by atoms with Crippen molar-refractivity contribution >= 4 is 10.0 Å². The number of aromatic nitrogens is 2. The van der Waals surface area contributed by atoms with Crippen LogP contribution in [0.5, 0.6) is 0 Å². The van der Waals surface area contributed by atoms with E-state index in [0.29, 0.717) is 12.8 Å². The SMILES string of the molecule is CCCC(O)CNS(=O)(=O)c1c[nH]c(=O)[nH]c1=O. The Labute approximate surface area is 103 Å². The maximum atomic E-state index is 11.7. The van der Waals surface area contributed by atoms with Gasteiger partial charge in [0, 0.05) is 12.7 Å². The van der Waals surface area contributed by atoms with Crippen LogP contribution < -0.4 is 16.0 Å². The molecule has 0 fully saturated rings. The number of hydrogen-bond acceptors (Lipinski definition) is 5. The fourth-order valence-corrected chi connectivity index (χ4v) is 2.39.